The van der Waals surface area contributed by atoms with Crippen LogP contribution in [0.15, 0.2) is 41.9 Å². The molecule has 0 aliphatic heterocycles. The molecular formula is C17H17N3O3. The number of anilines is 1. The summed E-state index contributed by atoms with van der Waals surface area (Å²) in [6, 6.07) is 9.49. The van der Waals surface area contributed by atoms with Gasteiger partial charge in [-0.2, -0.15) is 0 Å². The molecule has 6 heteroatoms. The summed E-state index contributed by atoms with van der Waals surface area (Å²) in [5.74, 6) is -0.487. The minimum Gasteiger partial charge on any atom is -0.485 e. The fraction of sp³-hybridized carbons (Fsp3) is 0.118. The summed E-state index contributed by atoms with van der Waals surface area (Å²) in [4.78, 5) is 20.0. The fourth-order valence-electron chi connectivity index (χ4n) is 2.05. The van der Waals surface area contributed by atoms with Crippen LogP contribution in [0.2, 0.25) is 0 Å². The lowest BCUT2D eigenvalue weighted by atomic mass is 10.1. The number of esters is 1. The van der Waals surface area contributed by atoms with Crippen LogP contribution in [0.4, 0.5) is 11.5 Å². The first-order valence-electron chi connectivity index (χ1n) is 6.80. The van der Waals surface area contributed by atoms with Crippen molar-refractivity contribution in [2.45, 2.75) is 6.61 Å². The molecule has 0 saturated carbocycles. The number of nitrogens with zero attached hydrogens (tertiary/aromatic N) is 2. The van der Waals surface area contributed by atoms with E-state index in [-0.39, 0.29) is 23.7 Å². The molecule has 0 radical (unpaired) electrons. The van der Waals surface area contributed by atoms with Crippen LogP contribution in [0.5, 0.6) is 5.75 Å². The van der Waals surface area contributed by atoms with E-state index in [1.807, 2.05) is 30.3 Å². The zero-order chi connectivity index (χ0) is 16.8. The van der Waals surface area contributed by atoms with Crippen LogP contribution in [-0.2, 0) is 11.3 Å². The van der Waals surface area contributed by atoms with Crippen LogP contribution in [-0.4, -0.2) is 24.8 Å². The van der Waals surface area contributed by atoms with E-state index in [0.717, 1.165) is 5.56 Å². The van der Waals surface area contributed by atoms with Gasteiger partial charge >= 0.3 is 5.97 Å². The van der Waals surface area contributed by atoms with Crippen LogP contribution in [0, 0.1) is 0 Å². The summed E-state index contributed by atoms with van der Waals surface area (Å²) in [7, 11) is 1.26. The first-order chi connectivity index (χ1) is 11.1. The van der Waals surface area contributed by atoms with Crippen LogP contribution >= 0.6 is 0 Å². The topological polar surface area (TPSA) is 86.8 Å². The Kier molecular flexibility index (Phi) is 5.09. The predicted octanol–water partition coefficient (Wildman–Crippen LogP) is 3.00. The highest BCUT2D eigenvalue weighted by molar-refractivity contribution is 6.00. The van der Waals surface area contributed by atoms with Crippen molar-refractivity contribution in [1.82, 2.24) is 4.98 Å². The van der Waals surface area contributed by atoms with Gasteiger partial charge in [0.05, 0.1) is 12.8 Å². The third kappa shape index (κ3) is 3.37. The number of nitrogens with two attached hydrogens (primary N) is 1. The van der Waals surface area contributed by atoms with Crippen LogP contribution in [0.3, 0.4) is 0 Å². The van der Waals surface area contributed by atoms with E-state index < -0.39 is 5.97 Å². The van der Waals surface area contributed by atoms with E-state index in [0.29, 0.717) is 11.4 Å². The predicted molar refractivity (Wildman–Crippen MR) is 90.1 cm³/mol. The van der Waals surface area contributed by atoms with Gasteiger partial charge in [0.2, 0.25) is 0 Å². The van der Waals surface area contributed by atoms with Crippen molar-refractivity contribution in [2.75, 3.05) is 12.8 Å². The Bertz CT molecular complexity index is 742. The van der Waals surface area contributed by atoms with Gasteiger partial charge in [0.15, 0.2) is 5.75 Å². The Morgan fingerprint density at radius 2 is 2.09 bits per heavy atom. The molecular weight excluding hydrogens is 294 g/mol. The van der Waals surface area contributed by atoms with Crippen molar-refractivity contribution in [1.29, 1.82) is 0 Å². The molecule has 118 valence electrons. The molecule has 6 nitrogen and oxygen atoms in total. The maximum absolute atomic E-state index is 12.0. The smallest absolute Gasteiger partial charge is 0.345 e. The minimum absolute atomic E-state index is 0.0118. The lowest BCUT2D eigenvalue weighted by Crippen LogP contribution is -2.12. The molecule has 0 amide bonds. The highest BCUT2D eigenvalue weighted by Gasteiger charge is 2.24. The van der Waals surface area contributed by atoms with Gasteiger partial charge in [-0.05, 0) is 18.4 Å². The Balaban J connectivity index is 2.52. The van der Waals surface area contributed by atoms with Crippen molar-refractivity contribution < 1.29 is 14.3 Å². The zero-order valence-corrected chi connectivity index (χ0v) is 12.8. The van der Waals surface area contributed by atoms with Gasteiger partial charge in [-0.1, -0.05) is 36.9 Å². The molecule has 2 aromatic rings. The summed E-state index contributed by atoms with van der Waals surface area (Å²) in [5.41, 5.74) is 7.49. The third-order valence-electron chi connectivity index (χ3n) is 3.15. The molecule has 2 N–H and O–H groups in total. The molecule has 0 fully saturated rings. The second kappa shape index (κ2) is 7.22. The Labute approximate surface area is 134 Å². The quantitative estimate of drug-likeness (QED) is 0.654. The Hall–Kier alpha value is -3.15. The number of nitrogen functional groups attached to an aromatic ring is 1. The van der Waals surface area contributed by atoms with Crippen LogP contribution in [0.1, 0.15) is 21.6 Å². The lowest BCUT2D eigenvalue weighted by molar-refractivity contribution is 0.0596. The standard InChI is InChI=1S/C17H17N3O3/c1-4-12-14(19-2)15(13(16(18)20-12)17(21)22-3)23-10-11-8-6-5-7-9-11/h4-9H,1-2,10H2,3H3,(H2,18,20). The van der Waals surface area contributed by atoms with Crippen LogP contribution < -0.4 is 10.5 Å². The molecule has 0 spiro atoms. The van der Waals surface area contributed by atoms with E-state index >= 15 is 0 Å². The second-order valence-electron chi connectivity index (χ2n) is 4.56. The van der Waals surface area contributed by atoms with Gasteiger partial charge in [-0.25, -0.2) is 9.78 Å². The number of benzene rings is 1. The SMILES string of the molecule is C=Cc1nc(N)c(C(=O)OC)c(OCc2ccccc2)c1N=C. The average Bonchev–Trinajstić information content (AvgIpc) is 2.59. The number of hydrogen-bond donors (Lipinski definition) is 1. The largest absolute Gasteiger partial charge is 0.485 e. The molecule has 2 rings (SSSR count). The number of rotatable bonds is 6. The van der Waals surface area contributed by atoms with Crippen molar-refractivity contribution in [2.24, 2.45) is 4.99 Å². The van der Waals surface area contributed by atoms with E-state index in [1.165, 1.54) is 13.2 Å². The average molecular weight is 311 g/mol. The molecule has 1 aromatic carbocycles. The van der Waals surface area contributed by atoms with E-state index in [4.69, 9.17) is 15.2 Å². The van der Waals surface area contributed by atoms with Gasteiger partial charge in [-0.15, -0.1) is 0 Å². The lowest BCUT2D eigenvalue weighted by Gasteiger charge is -2.15. The van der Waals surface area contributed by atoms with Gasteiger partial charge in [0, 0.05) is 0 Å². The molecule has 1 heterocycles. The van der Waals surface area contributed by atoms with Gasteiger partial charge in [0.25, 0.3) is 0 Å². The summed E-state index contributed by atoms with van der Waals surface area (Å²) in [6.07, 6.45) is 1.47. The monoisotopic (exact) mass is 311 g/mol. The fourth-order valence-corrected chi connectivity index (χ4v) is 2.05. The minimum atomic E-state index is -0.654. The number of methoxy groups -OCH3 is 1. The van der Waals surface area contributed by atoms with E-state index in [9.17, 15) is 4.79 Å². The first kappa shape index (κ1) is 16.2. The normalized spacial score (nSPS) is 9.96. The Morgan fingerprint density at radius 1 is 1.39 bits per heavy atom. The molecule has 0 aliphatic rings. The molecule has 1 aromatic heterocycles. The van der Waals surface area contributed by atoms with Gasteiger partial charge < -0.3 is 15.2 Å². The zero-order valence-electron chi connectivity index (χ0n) is 12.8. The number of carbonyl (C=O) groups excluding carboxylic acids is 1. The Morgan fingerprint density at radius 3 is 2.65 bits per heavy atom. The molecule has 23 heavy (non-hydrogen) atoms. The molecule has 0 atom stereocenters. The molecule has 0 aliphatic carbocycles. The maximum Gasteiger partial charge on any atom is 0.345 e. The highest BCUT2D eigenvalue weighted by Crippen LogP contribution is 2.38. The van der Waals surface area contributed by atoms with Crippen molar-refractivity contribution in [3.63, 3.8) is 0 Å². The highest BCUT2D eigenvalue weighted by atomic mass is 16.5. The van der Waals surface area contributed by atoms with Gasteiger partial charge in [0.1, 0.15) is 23.7 Å². The van der Waals surface area contributed by atoms with Crippen molar-refractivity contribution in [3.05, 3.63) is 53.7 Å². The molecule has 0 unspecified atom stereocenters. The third-order valence-corrected chi connectivity index (χ3v) is 3.15. The number of ether oxygens (including phenoxy) is 2. The summed E-state index contributed by atoms with van der Waals surface area (Å²) in [6.45, 7) is 7.39. The number of hydrogen-bond acceptors (Lipinski definition) is 6. The number of aromatic nitrogens is 1. The molecule has 0 bridgehead atoms. The number of pyridine rings is 1. The summed E-state index contributed by atoms with van der Waals surface area (Å²) < 4.78 is 10.5. The van der Waals surface area contributed by atoms with Crippen LogP contribution in [0.25, 0.3) is 6.08 Å². The van der Waals surface area contributed by atoms with Crippen molar-refractivity contribution >= 4 is 30.3 Å². The number of carbonyl (C=O) groups is 1. The van der Waals surface area contributed by atoms with E-state index in [2.05, 4.69) is 23.3 Å². The maximum atomic E-state index is 12.0. The van der Waals surface area contributed by atoms with Gasteiger partial charge in [-0.3, -0.25) is 4.99 Å². The van der Waals surface area contributed by atoms with E-state index in [1.54, 1.807) is 0 Å². The second-order valence-corrected chi connectivity index (χ2v) is 4.56. The molecule has 0 saturated heterocycles. The summed E-state index contributed by atoms with van der Waals surface area (Å²) in [5, 5.41) is 0. The first-order valence-corrected chi connectivity index (χ1v) is 6.80. The summed E-state index contributed by atoms with van der Waals surface area (Å²) >= 11 is 0. The van der Waals surface area contributed by atoms with Crippen molar-refractivity contribution in [3.8, 4) is 5.75 Å². The number of aliphatic imine (C=N–C) groups is 1.